The first-order chi connectivity index (χ1) is 11.7. The second-order valence-corrected chi connectivity index (χ2v) is 6.85. The Morgan fingerprint density at radius 2 is 1.83 bits per heavy atom. The summed E-state index contributed by atoms with van der Waals surface area (Å²) in [6, 6.07) is 15.8. The van der Waals surface area contributed by atoms with Crippen LogP contribution in [0.25, 0.3) is 0 Å². The topological polar surface area (TPSA) is 18.5 Å². The Labute approximate surface area is 143 Å². The fourth-order valence-corrected chi connectivity index (χ4v) is 3.96. The van der Waals surface area contributed by atoms with Crippen molar-refractivity contribution < 1.29 is 4.39 Å². The smallest absolute Gasteiger partial charge is 0.123 e. The van der Waals surface area contributed by atoms with Crippen molar-refractivity contribution in [1.29, 1.82) is 0 Å². The lowest BCUT2D eigenvalue weighted by Gasteiger charge is -2.46. The maximum atomic E-state index is 13.3. The van der Waals surface area contributed by atoms with Crippen LogP contribution in [-0.2, 0) is 0 Å². The molecule has 2 heterocycles. The van der Waals surface area contributed by atoms with Gasteiger partial charge in [0.25, 0.3) is 0 Å². The van der Waals surface area contributed by atoms with Crippen molar-refractivity contribution in [3.63, 3.8) is 0 Å². The Kier molecular flexibility index (Phi) is 4.15. The van der Waals surface area contributed by atoms with Crippen LogP contribution in [-0.4, -0.2) is 30.2 Å². The molecule has 1 saturated heterocycles. The molecule has 0 radical (unpaired) electrons. The minimum absolute atomic E-state index is 0.191. The van der Waals surface area contributed by atoms with Crippen molar-refractivity contribution in [3.8, 4) is 0 Å². The van der Waals surface area contributed by atoms with E-state index in [1.807, 2.05) is 12.1 Å². The van der Waals surface area contributed by atoms with Crippen molar-refractivity contribution in [2.24, 2.45) is 0 Å². The summed E-state index contributed by atoms with van der Waals surface area (Å²) in [4.78, 5) is 4.88. The Balaban J connectivity index is 1.68. The number of hydrogen-bond donors (Lipinski definition) is 1. The zero-order valence-corrected chi connectivity index (χ0v) is 14.1. The monoisotopic (exact) mass is 325 g/mol. The molecule has 0 aromatic heterocycles. The van der Waals surface area contributed by atoms with E-state index in [1.165, 1.54) is 19.3 Å². The predicted octanol–water partition coefficient (Wildman–Crippen LogP) is 4.59. The molecule has 0 aliphatic carbocycles. The van der Waals surface area contributed by atoms with Crippen LogP contribution < -0.4 is 10.2 Å². The third kappa shape index (κ3) is 2.86. The summed E-state index contributed by atoms with van der Waals surface area (Å²) in [5, 5.41) is 3.72. The summed E-state index contributed by atoms with van der Waals surface area (Å²) in [6.07, 6.45) is 4.12. The first kappa shape index (κ1) is 15.5. The van der Waals surface area contributed by atoms with Gasteiger partial charge in [0, 0.05) is 18.3 Å². The first-order valence-corrected chi connectivity index (χ1v) is 8.87. The average Bonchev–Trinajstić information content (AvgIpc) is 2.62. The molecule has 3 nitrogen and oxygen atoms in total. The van der Waals surface area contributed by atoms with Gasteiger partial charge in [0.1, 0.15) is 5.82 Å². The highest BCUT2D eigenvalue weighted by Gasteiger charge is 2.32. The van der Waals surface area contributed by atoms with Crippen molar-refractivity contribution in [2.75, 3.05) is 23.3 Å². The number of fused-ring (bicyclic) bond motifs is 1. The van der Waals surface area contributed by atoms with E-state index in [2.05, 4.69) is 46.3 Å². The number of hydrogen-bond acceptors (Lipinski definition) is 3. The summed E-state index contributed by atoms with van der Waals surface area (Å²) in [5.74, 6) is -0.191. The highest BCUT2D eigenvalue weighted by Crippen LogP contribution is 2.37. The summed E-state index contributed by atoms with van der Waals surface area (Å²) in [5.41, 5.74) is 3.35. The van der Waals surface area contributed by atoms with E-state index < -0.39 is 0 Å². The van der Waals surface area contributed by atoms with Gasteiger partial charge in [-0.2, -0.15) is 0 Å². The van der Waals surface area contributed by atoms with E-state index in [9.17, 15) is 4.39 Å². The van der Waals surface area contributed by atoms with Crippen LogP contribution in [0, 0.1) is 5.82 Å². The Morgan fingerprint density at radius 3 is 2.62 bits per heavy atom. The third-order valence-electron chi connectivity index (χ3n) is 5.27. The van der Waals surface area contributed by atoms with Gasteiger partial charge in [-0.05, 0) is 56.2 Å². The molecule has 1 fully saturated rings. The molecule has 2 aromatic rings. The molecule has 2 atom stereocenters. The summed E-state index contributed by atoms with van der Waals surface area (Å²) < 4.78 is 13.3. The zero-order valence-electron chi connectivity index (χ0n) is 14.1. The molecule has 0 amide bonds. The normalized spacial score (nSPS) is 24.3. The molecule has 2 aromatic carbocycles. The fourth-order valence-electron chi connectivity index (χ4n) is 3.96. The van der Waals surface area contributed by atoms with Gasteiger partial charge in [-0.15, -0.1) is 0 Å². The second kappa shape index (κ2) is 6.44. The van der Waals surface area contributed by atoms with Gasteiger partial charge in [-0.1, -0.05) is 18.6 Å². The van der Waals surface area contributed by atoms with Crippen LogP contribution in [0.1, 0.15) is 26.2 Å². The maximum Gasteiger partial charge on any atom is 0.123 e. The van der Waals surface area contributed by atoms with Crippen LogP contribution in [0.2, 0.25) is 0 Å². The van der Waals surface area contributed by atoms with Crippen LogP contribution >= 0.6 is 0 Å². The lowest BCUT2D eigenvalue weighted by molar-refractivity contribution is 0.121. The molecule has 0 saturated carbocycles. The number of halogens is 1. The van der Waals surface area contributed by atoms with Crippen molar-refractivity contribution in [1.82, 2.24) is 4.90 Å². The standard InChI is InChI=1S/C20H24FN3/c1-15-6-4-5-13-23(15)20-14-24(17-11-9-16(21)10-12-17)19-8-3-2-7-18(19)22-20/h2-3,7-12,15,20,22H,4-6,13-14H2,1H3/t15-,20?/m1/s1. The van der Waals surface area contributed by atoms with Gasteiger partial charge in [0.05, 0.1) is 24.1 Å². The summed E-state index contributed by atoms with van der Waals surface area (Å²) in [6.45, 7) is 4.33. The van der Waals surface area contributed by atoms with Gasteiger partial charge in [-0.25, -0.2) is 4.39 Å². The molecule has 4 heteroatoms. The van der Waals surface area contributed by atoms with E-state index in [-0.39, 0.29) is 12.0 Å². The molecular weight excluding hydrogens is 301 g/mol. The van der Waals surface area contributed by atoms with E-state index in [4.69, 9.17) is 0 Å². The van der Waals surface area contributed by atoms with Crippen LogP contribution in [0.4, 0.5) is 21.5 Å². The number of rotatable bonds is 2. The van der Waals surface area contributed by atoms with E-state index >= 15 is 0 Å². The van der Waals surface area contributed by atoms with Gasteiger partial charge in [0.2, 0.25) is 0 Å². The largest absolute Gasteiger partial charge is 0.366 e. The Hall–Kier alpha value is -2.07. The number of likely N-dealkylation sites (tertiary alicyclic amines) is 1. The molecule has 0 bridgehead atoms. The van der Waals surface area contributed by atoms with Gasteiger partial charge >= 0.3 is 0 Å². The maximum absolute atomic E-state index is 13.3. The molecule has 1 N–H and O–H groups in total. The highest BCUT2D eigenvalue weighted by atomic mass is 19.1. The summed E-state index contributed by atoms with van der Waals surface area (Å²) >= 11 is 0. The van der Waals surface area contributed by atoms with E-state index in [1.54, 1.807) is 12.1 Å². The molecule has 2 aliphatic heterocycles. The lowest BCUT2D eigenvalue weighted by Crippen LogP contribution is -2.55. The highest BCUT2D eigenvalue weighted by molar-refractivity contribution is 5.78. The molecule has 4 rings (SSSR count). The molecule has 24 heavy (non-hydrogen) atoms. The molecule has 0 spiro atoms. The van der Waals surface area contributed by atoms with Crippen LogP contribution in [0.5, 0.6) is 0 Å². The molecule has 2 aliphatic rings. The molecule has 1 unspecified atom stereocenters. The molecule has 126 valence electrons. The van der Waals surface area contributed by atoms with Gasteiger partial charge in [-0.3, -0.25) is 4.90 Å². The fraction of sp³-hybridized carbons (Fsp3) is 0.400. The number of para-hydroxylation sites is 2. The quantitative estimate of drug-likeness (QED) is 0.871. The van der Waals surface area contributed by atoms with Gasteiger partial charge < -0.3 is 10.2 Å². The minimum atomic E-state index is -0.191. The van der Waals surface area contributed by atoms with Gasteiger partial charge in [0.15, 0.2) is 0 Å². The second-order valence-electron chi connectivity index (χ2n) is 6.85. The summed E-state index contributed by atoms with van der Waals surface area (Å²) in [7, 11) is 0. The Bertz CT molecular complexity index is 700. The average molecular weight is 325 g/mol. The first-order valence-electron chi connectivity index (χ1n) is 8.87. The third-order valence-corrected chi connectivity index (χ3v) is 5.27. The Morgan fingerprint density at radius 1 is 1.04 bits per heavy atom. The van der Waals surface area contributed by atoms with E-state index in [0.717, 1.165) is 30.2 Å². The number of nitrogens with zero attached hydrogens (tertiary/aromatic N) is 2. The van der Waals surface area contributed by atoms with Crippen LogP contribution in [0.15, 0.2) is 48.5 Å². The number of nitrogens with one attached hydrogen (secondary N) is 1. The lowest BCUT2D eigenvalue weighted by atomic mass is 10.0. The van der Waals surface area contributed by atoms with Crippen molar-refractivity contribution in [2.45, 2.75) is 38.4 Å². The van der Waals surface area contributed by atoms with E-state index in [0.29, 0.717) is 6.04 Å². The molecular formula is C20H24FN3. The van der Waals surface area contributed by atoms with Crippen molar-refractivity contribution in [3.05, 3.63) is 54.3 Å². The predicted molar refractivity (Wildman–Crippen MR) is 97.3 cm³/mol. The van der Waals surface area contributed by atoms with Crippen LogP contribution in [0.3, 0.4) is 0 Å². The van der Waals surface area contributed by atoms with Crippen molar-refractivity contribution >= 4 is 17.1 Å². The minimum Gasteiger partial charge on any atom is -0.366 e. The number of piperidine rings is 1. The SMILES string of the molecule is C[C@@H]1CCCCN1C1CN(c2ccc(F)cc2)c2ccccc2N1. The zero-order chi connectivity index (χ0) is 16.5. The number of anilines is 3. The number of benzene rings is 2.